The molecule has 1 amide bonds. The third-order valence-electron chi connectivity index (χ3n) is 7.28. The summed E-state index contributed by atoms with van der Waals surface area (Å²) in [6.45, 7) is 15.1. The molecule has 0 saturated carbocycles. The van der Waals surface area contributed by atoms with E-state index < -0.39 is 14.5 Å². The molecule has 3 aromatic carbocycles. The second-order valence-electron chi connectivity index (χ2n) is 11.0. The fraction of sp³-hybridized carbons (Fsp3) is 0.344. The molecule has 3 atom stereocenters. The zero-order valence-corrected chi connectivity index (χ0v) is 23.7. The Morgan fingerprint density at radius 3 is 2.08 bits per heavy atom. The Morgan fingerprint density at radius 2 is 1.54 bits per heavy atom. The summed E-state index contributed by atoms with van der Waals surface area (Å²) in [6, 6.07) is 29.2. The van der Waals surface area contributed by atoms with Crippen molar-refractivity contribution in [2.75, 3.05) is 4.90 Å². The molecular weight excluding hydrogens is 474 g/mol. The number of allylic oxidation sites excluding steroid dienone is 1. The minimum atomic E-state index is -2.83. The van der Waals surface area contributed by atoms with Gasteiger partial charge < -0.3 is 9.16 Å². The number of carbonyl (C=O) groups excluding carboxylic acids is 1. The van der Waals surface area contributed by atoms with Crippen molar-refractivity contribution >= 4 is 30.3 Å². The Morgan fingerprint density at radius 1 is 1.00 bits per heavy atom. The van der Waals surface area contributed by atoms with Crippen molar-refractivity contribution in [1.82, 2.24) is 0 Å². The van der Waals surface area contributed by atoms with Crippen molar-refractivity contribution < 1.29 is 14.0 Å². The van der Waals surface area contributed by atoms with Gasteiger partial charge in [-0.2, -0.15) is 0 Å². The molecule has 0 N–H and O–H groups in total. The van der Waals surface area contributed by atoms with E-state index in [1.165, 1.54) is 10.4 Å². The van der Waals surface area contributed by atoms with Crippen LogP contribution in [0.4, 0.5) is 5.69 Å². The van der Waals surface area contributed by atoms with Crippen molar-refractivity contribution in [3.63, 3.8) is 0 Å². The molecule has 0 aliphatic carbocycles. The molecule has 0 spiro atoms. The van der Waals surface area contributed by atoms with Crippen LogP contribution in [0.2, 0.25) is 5.04 Å². The number of hydrogen-bond donors (Lipinski definition) is 0. The van der Waals surface area contributed by atoms with Crippen molar-refractivity contribution in [3.8, 4) is 0 Å². The first kappa shape index (κ1) is 27.1. The summed E-state index contributed by atoms with van der Waals surface area (Å²) in [6.07, 6.45) is 1.49. The van der Waals surface area contributed by atoms with E-state index in [0.29, 0.717) is 13.0 Å². The molecule has 3 aromatic rings. The van der Waals surface area contributed by atoms with Crippen molar-refractivity contribution in [1.29, 1.82) is 0 Å². The summed E-state index contributed by atoms with van der Waals surface area (Å²) in [5, 5.41) is 2.23. The van der Waals surface area contributed by atoms with Gasteiger partial charge in [-0.25, -0.2) is 0 Å². The molecule has 1 aliphatic heterocycles. The average Bonchev–Trinajstić information content (AvgIpc) is 2.91. The van der Waals surface area contributed by atoms with Crippen LogP contribution in [-0.2, 0) is 20.6 Å². The number of nitrogens with zero attached hydrogens (tertiary/aromatic N) is 1. The summed E-state index contributed by atoms with van der Waals surface area (Å²) >= 11 is 0. The van der Waals surface area contributed by atoms with E-state index in [4.69, 9.17) is 9.16 Å². The number of anilines is 1. The highest BCUT2D eigenvalue weighted by Crippen LogP contribution is 2.40. The maximum absolute atomic E-state index is 13.8. The smallest absolute Gasteiger partial charge is 0.261 e. The van der Waals surface area contributed by atoms with Crippen LogP contribution in [0.25, 0.3) is 0 Å². The number of ether oxygens (including phenoxy) is 1. The van der Waals surface area contributed by atoms with Gasteiger partial charge in [0.15, 0.2) is 6.23 Å². The Balaban J connectivity index is 1.81. The molecule has 194 valence electrons. The van der Waals surface area contributed by atoms with E-state index >= 15 is 0 Å². The largest absolute Gasteiger partial charge is 0.400 e. The zero-order valence-electron chi connectivity index (χ0n) is 22.7. The maximum atomic E-state index is 13.8. The van der Waals surface area contributed by atoms with Crippen LogP contribution < -0.4 is 15.3 Å². The first-order chi connectivity index (χ1) is 17.7. The summed E-state index contributed by atoms with van der Waals surface area (Å²) < 4.78 is 13.8. The highest BCUT2D eigenvalue weighted by molar-refractivity contribution is 6.99. The van der Waals surface area contributed by atoms with E-state index in [-0.39, 0.29) is 23.0 Å². The molecule has 4 nitrogen and oxygen atoms in total. The SMILES string of the molecule is C=CC[C@@H](C)C(=O)N1c2ccccc2CO[C@@H]1[C@H](C)O[Si](c1ccccc1)(c1ccccc1)C(C)(C)C. The Kier molecular flexibility index (Phi) is 8.17. The van der Waals surface area contributed by atoms with Gasteiger partial charge in [-0.15, -0.1) is 6.58 Å². The van der Waals surface area contributed by atoms with E-state index in [0.717, 1.165) is 11.3 Å². The number of benzene rings is 3. The van der Waals surface area contributed by atoms with Gasteiger partial charge in [0.1, 0.15) is 0 Å². The van der Waals surface area contributed by atoms with E-state index in [1.807, 2.05) is 48.2 Å². The van der Waals surface area contributed by atoms with Gasteiger partial charge in [0.25, 0.3) is 8.32 Å². The van der Waals surface area contributed by atoms with Crippen LogP contribution >= 0.6 is 0 Å². The van der Waals surface area contributed by atoms with Crippen LogP contribution in [0.5, 0.6) is 0 Å². The third kappa shape index (κ3) is 5.22. The molecule has 0 bridgehead atoms. The molecule has 4 rings (SSSR count). The van der Waals surface area contributed by atoms with Gasteiger partial charge in [0.05, 0.1) is 18.4 Å². The lowest BCUT2D eigenvalue weighted by molar-refractivity contribution is -0.128. The topological polar surface area (TPSA) is 38.8 Å². The minimum absolute atomic E-state index is 0.0231. The lowest BCUT2D eigenvalue weighted by atomic mass is 10.0. The third-order valence-corrected chi connectivity index (χ3v) is 12.4. The Labute approximate surface area is 223 Å². The monoisotopic (exact) mass is 513 g/mol. The summed E-state index contributed by atoms with van der Waals surface area (Å²) in [5.41, 5.74) is 1.91. The van der Waals surface area contributed by atoms with E-state index in [2.05, 4.69) is 82.8 Å². The van der Waals surface area contributed by atoms with Gasteiger partial charge in [0, 0.05) is 11.5 Å². The van der Waals surface area contributed by atoms with Gasteiger partial charge in [0.2, 0.25) is 5.91 Å². The van der Waals surface area contributed by atoms with Crippen LogP contribution in [-0.4, -0.2) is 26.6 Å². The average molecular weight is 514 g/mol. The van der Waals surface area contributed by atoms with Crippen LogP contribution in [0.15, 0.2) is 97.6 Å². The highest BCUT2D eigenvalue weighted by Gasteiger charge is 2.52. The number of rotatable bonds is 8. The maximum Gasteiger partial charge on any atom is 0.261 e. The fourth-order valence-electron chi connectivity index (χ4n) is 5.46. The van der Waals surface area contributed by atoms with Gasteiger partial charge in [-0.05, 0) is 34.8 Å². The predicted octanol–water partition coefficient (Wildman–Crippen LogP) is 6.05. The second kappa shape index (κ2) is 11.2. The fourth-order valence-corrected chi connectivity index (χ4v) is 10.1. The first-order valence-corrected chi connectivity index (χ1v) is 15.0. The second-order valence-corrected chi connectivity index (χ2v) is 15.2. The molecular formula is C32H39NO3Si. The van der Waals surface area contributed by atoms with E-state index in [1.54, 1.807) is 6.08 Å². The number of carbonyl (C=O) groups is 1. The molecule has 1 aliphatic rings. The lowest BCUT2D eigenvalue weighted by Gasteiger charge is -2.48. The van der Waals surface area contributed by atoms with Crippen molar-refractivity contribution in [2.45, 2.75) is 65.0 Å². The zero-order chi connectivity index (χ0) is 26.6. The van der Waals surface area contributed by atoms with Crippen LogP contribution in [0.3, 0.4) is 0 Å². The van der Waals surface area contributed by atoms with Crippen molar-refractivity contribution in [2.24, 2.45) is 5.92 Å². The lowest BCUT2D eigenvalue weighted by Crippen LogP contribution is -2.69. The van der Waals surface area contributed by atoms with Crippen LogP contribution in [0, 0.1) is 5.92 Å². The Bertz CT molecular complexity index is 1170. The molecule has 0 saturated heterocycles. The molecule has 0 fully saturated rings. The molecule has 0 aromatic heterocycles. The minimum Gasteiger partial charge on any atom is -0.400 e. The van der Waals surface area contributed by atoms with Crippen molar-refractivity contribution in [3.05, 3.63) is 103 Å². The summed E-state index contributed by atoms with van der Waals surface area (Å²) in [7, 11) is -2.83. The van der Waals surface area contributed by atoms with Gasteiger partial charge in [-0.3, -0.25) is 9.69 Å². The summed E-state index contributed by atoms with van der Waals surface area (Å²) in [5.74, 6) is -0.190. The number of amides is 1. The highest BCUT2D eigenvalue weighted by atomic mass is 28.4. The number of hydrogen-bond acceptors (Lipinski definition) is 3. The Hall–Kier alpha value is -2.99. The summed E-state index contributed by atoms with van der Waals surface area (Å²) in [4.78, 5) is 15.7. The van der Waals surface area contributed by atoms with Gasteiger partial charge in [-0.1, -0.05) is 113 Å². The number of fused-ring (bicyclic) bond motifs is 1. The molecule has 37 heavy (non-hydrogen) atoms. The predicted molar refractivity (Wildman–Crippen MR) is 155 cm³/mol. The van der Waals surface area contributed by atoms with Crippen LogP contribution in [0.1, 0.15) is 46.6 Å². The molecule has 5 heteroatoms. The normalized spacial score (nSPS) is 17.5. The van der Waals surface area contributed by atoms with E-state index in [9.17, 15) is 4.79 Å². The molecule has 0 radical (unpaired) electrons. The van der Waals surface area contributed by atoms with Gasteiger partial charge >= 0.3 is 0 Å². The first-order valence-electron chi connectivity index (χ1n) is 13.1. The standard InChI is InChI=1S/C32H39NO3Si/c1-7-16-24(2)30(34)33-29-22-15-14-17-26(29)23-35-31(33)25(3)36-37(32(4,5)6,27-18-10-8-11-19-27)28-20-12-9-13-21-28/h7-15,17-22,24-25,31H,1,16,23H2,2-6H3/t24-,25+,31-/m1/s1. The quantitative estimate of drug-likeness (QED) is 0.272. The molecule has 1 heterocycles. The molecule has 0 unspecified atom stereocenters. The number of para-hydroxylation sites is 1.